The summed E-state index contributed by atoms with van der Waals surface area (Å²) in [5, 5.41) is 7.90. The Morgan fingerprint density at radius 1 is 0.265 bits per heavy atom. The summed E-state index contributed by atoms with van der Waals surface area (Å²) in [5.74, 6) is 0. The van der Waals surface area contributed by atoms with Crippen molar-refractivity contribution in [1.82, 2.24) is 0 Å². The predicted molar refractivity (Wildman–Crippen MR) is 205 cm³/mol. The summed E-state index contributed by atoms with van der Waals surface area (Å²) < 4.78 is 0. The normalized spacial score (nSPS) is 13.9. The molecule has 0 saturated heterocycles. The first-order valence-corrected chi connectivity index (χ1v) is 17.3. The largest absolute Gasteiger partial charge is 0.0726 e. The van der Waals surface area contributed by atoms with Gasteiger partial charge in [0, 0.05) is 0 Å². The third-order valence-corrected chi connectivity index (χ3v) is 11.8. The monoisotopic (exact) mass is 616 g/mol. The Morgan fingerprint density at radius 3 is 1.55 bits per heavy atom. The van der Waals surface area contributed by atoms with Gasteiger partial charge >= 0.3 is 0 Å². The highest BCUT2D eigenvalue weighted by Gasteiger charge is 2.52. The number of hydrogen-bond donors (Lipinski definition) is 0. The lowest BCUT2D eigenvalue weighted by atomic mass is 9.69. The second-order valence-corrected chi connectivity index (χ2v) is 13.9. The maximum atomic E-state index is 2.58. The SMILES string of the molecule is c1ccc2c(c1)-c1cccc3c(-c4cc5c(c6ccccc46)-c4c(ccc6ccccc46)C54c5ccccc5-c5ccccc54)ccc-2c13. The Balaban J connectivity index is 1.28. The zero-order chi connectivity index (χ0) is 31.8. The topological polar surface area (TPSA) is 0 Å². The highest BCUT2D eigenvalue weighted by Crippen LogP contribution is 2.65. The molecule has 0 unspecified atom stereocenters. The third kappa shape index (κ3) is 2.98. The van der Waals surface area contributed by atoms with Crippen LogP contribution < -0.4 is 0 Å². The van der Waals surface area contributed by atoms with Gasteiger partial charge in [0.05, 0.1) is 5.41 Å². The highest BCUT2D eigenvalue weighted by atomic mass is 14.5. The van der Waals surface area contributed by atoms with Crippen LogP contribution in [0.2, 0.25) is 0 Å². The molecule has 0 bridgehead atoms. The number of hydrogen-bond acceptors (Lipinski definition) is 0. The summed E-state index contributed by atoms with van der Waals surface area (Å²) in [6.07, 6.45) is 0. The Bertz CT molecular complexity index is 2860. The minimum absolute atomic E-state index is 0.425. The van der Waals surface area contributed by atoms with Gasteiger partial charge in [0.25, 0.3) is 0 Å². The van der Waals surface area contributed by atoms with Crippen LogP contribution in [-0.4, -0.2) is 0 Å². The fraction of sp³-hybridized carbons (Fsp3) is 0.0204. The molecule has 224 valence electrons. The van der Waals surface area contributed by atoms with E-state index in [4.69, 9.17) is 0 Å². The van der Waals surface area contributed by atoms with Crippen LogP contribution >= 0.6 is 0 Å². The van der Waals surface area contributed by atoms with Crippen LogP contribution in [0.3, 0.4) is 0 Å². The van der Waals surface area contributed by atoms with Gasteiger partial charge in [-0.25, -0.2) is 0 Å². The summed E-state index contributed by atoms with van der Waals surface area (Å²) in [6.45, 7) is 0. The smallest absolute Gasteiger partial charge is 0.0619 e. The molecule has 0 atom stereocenters. The average Bonchev–Trinajstić information content (AvgIpc) is 3.78. The molecule has 0 heterocycles. The molecule has 3 aliphatic rings. The Hall–Kier alpha value is -6.24. The zero-order valence-electron chi connectivity index (χ0n) is 26.7. The third-order valence-electron chi connectivity index (χ3n) is 11.8. The maximum Gasteiger partial charge on any atom is 0.0726 e. The minimum Gasteiger partial charge on any atom is -0.0619 e. The molecule has 0 N–H and O–H groups in total. The summed E-state index contributed by atoms with van der Waals surface area (Å²) in [4.78, 5) is 0. The maximum absolute atomic E-state index is 2.58. The Morgan fingerprint density at radius 2 is 0.796 bits per heavy atom. The molecule has 0 fully saturated rings. The fourth-order valence-corrected chi connectivity index (χ4v) is 10.0. The molecule has 3 aliphatic carbocycles. The number of benzene rings is 9. The lowest BCUT2D eigenvalue weighted by Crippen LogP contribution is -2.26. The first-order chi connectivity index (χ1) is 24.3. The van der Waals surface area contributed by atoms with Crippen LogP contribution in [0.25, 0.3) is 88.0 Å². The van der Waals surface area contributed by atoms with E-state index in [2.05, 4.69) is 170 Å². The van der Waals surface area contributed by atoms with E-state index in [9.17, 15) is 0 Å². The van der Waals surface area contributed by atoms with Crippen LogP contribution in [0.4, 0.5) is 0 Å². The van der Waals surface area contributed by atoms with Gasteiger partial charge < -0.3 is 0 Å². The Labute approximate surface area is 284 Å². The van der Waals surface area contributed by atoms with Gasteiger partial charge in [-0.05, 0) is 116 Å². The van der Waals surface area contributed by atoms with Crippen molar-refractivity contribution in [2.24, 2.45) is 0 Å². The molecule has 1 spiro atoms. The summed E-state index contributed by atoms with van der Waals surface area (Å²) in [6, 6.07) is 64.2. The predicted octanol–water partition coefficient (Wildman–Crippen LogP) is 12.8. The van der Waals surface area contributed by atoms with Crippen LogP contribution in [0, 0.1) is 0 Å². The highest BCUT2D eigenvalue weighted by molar-refractivity contribution is 6.22. The van der Waals surface area contributed by atoms with E-state index in [1.165, 1.54) is 110 Å². The summed E-state index contributed by atoms with van der Waals surface area (Å²) in [7, 11) is 0. The fourth-order valence-electron chi connectivity index (χ4n) is 10.0. The minimum atomic E-state index is -0.425. The molecule has 0 amide bonds. The molecule has 0 aromatic heterocycles. The molecule has 0 aliphatic heterocycles. The zero-order valence-corrected chi connectivity index (χ0v) is 26.7. The van der Waals surface area contributed by atoms with Gasteiger partial charge in [0.1, 0.15) is 0 Å². The van der Waals surface area contributed by atoms with Gasteiger partial charge in [-0.15, -0.1) is 0 Å². The van der Waals surface area contributed by atoms with Gasteiger partial charge in [0.15, 0.2) is 0 Å². The van der Waals surface area contributed by atoms with E-state index in [1.807, 2.05) is 0 Å². The van der Waals surface area contributed by atoms with Crippen molar-refractivity contribution >= 4 is 32.3 Å². The van der Waals surface area contributed by atoms with Gasteiger partial charge in [0.2, 0.25) is 0 Å². The van der Waals surface area contributed by atoms with Crippen molar-refractivity contribution in [3.05, 3.63) is 192 Å². The first-order valence-electron chi connectivity index (χ1n) is 17.3. The summed E-state index contributed by atoms with van der Waals surface area (Å²) >= 11 is 0. The summed E-state index contributed by atoms with van der Waals surface area (Å²) in [5.41, 5.74) is 18.5. The van der Waals surface area contributed by atoms with E-state index < -0.39 is 5.41 Å². The van der Waals surface area contributed by atoms with Crippen LogP contribution in [0.15, 0.2) is 170 Å². The van der Waals surface area contributed by atoms with E-state index in [-0.39, 0.29) is 0 Å². The van der Waals surface area contributed by atoms with Crippen molar-refractivity contribution in [3.8, 4) is 55.6 Å². The van der Waals surface area contributed by atoms with Crippen molar-refractivity contribution in [2.45, 2.75) is 5.41 Å². The number of fused-ring (bicyclic) bond motifs is 17. The van der Waals surface area contributed by atoms with Gasteiger partial charge in [-0.3, -0.25) is 0 Å². The van der Waals surface area contributed by atoms with Crippen molar-refractivity contribution in [1.29, 1.82) is 0 Å². The lowest BCUT2D eigenvalue weighted by molar-refractivity contribution is 0.795. The number of rotatable bonds is 1. The standard InChI is InChI=1S/C49H28/c1-2-13-30-29(12-1)24-27-44-47(30)48-39-19-6-5-16-33(39)41(28-45(48)49(44)42-22-9-7-17-35(42)36-18-8-10-23-43(36)49)34-25-26-40-32-15-4-3-14-31(32)37-20-11-21-38(34)46(37)40/h1-28H. The molecular weight excluding hydrogens is 589 g/mol. The molecule has 0 saturated carbocycles. The van der Waals surface area contributed by atoms with E-state index in [0.717, 1.165) is 0 Å². The van der Waals surface area contributed by atoms with Crippen LogP contribution in [0.5, 0.6) is 0 Å². The second kappa shape index (κ2) is 9.01. The van der Waals surface area contributed by atoms with E-state index in [1.54, 1.807) is 0 Å². The van der Waals surface area contributed by atoms with Crippen molar-refractivity contribution < 1.29 is 0 Å². The molecule has 0 heteroatoms. The lowest BCUT2D eigenvalue weighted by Gasteiger charge is -2.31. The molecule has 9 aromatic carbocycles. The van der Waals surface area contributed by atoms with Crippen molar-refractivity contribution in [2.75, 3.05) is 0 Å². The van der Waals surface area contributed by atoms with Crippen molar-refractivity contribution in [3.63, 3.8) is 0 Å². The average molecular weight is 617 g/mol. The van der Waals surface area contributed by atoms with Gasteiger partial charge in [-0.1, -0.05) is 164 Å². The Kier molecular flexibility index (Phi) is 4.74. The molecule has 0 radical (unpaired) electrons. The molecule has 49 heavy (non-hydrogen) atoms. The molecule has 12 rings (SSSR count). The molecule has 9 aromatic rings. The van der Waals surface area contributed by atoms with Gasteiger partial charge in [-0.2, -0.15) is 0 Å². The molecular formula is C49H28. The van der Waals surface area contributed by atoms with E-state index >= 15 is 0 Å². The van der Waals surface area contributed by atoms with E-state index in [0.29, 0.717) is 0 Å². The second-order valence-electron chi connectivity index (χ2n) is 13.9. The van der Waals surface area contributed by atoms with Crippen LogP contribution in [0.1, 0.15) is 22.3 Å². The quantitative estimate of drug-likeness (QED) is 0.172. The first kappa shape index (κ1) is 25.8. The van der Waals surface area contributed by atoms with Crippen LogP contribution in [-0.2, 0) is 5.41 Å². The molecule has 0 nitrogen and oxygen atoms in total.